The first-order valence-corrected chi connectivity index (χ1v) is 7.69. The third-order valence-corrected chi connectivity index (χ3v) is 4.38. The molecule has 3 unspecified atom stereocenters. The highest BCUT2D eigenvalue weighted by Gasteiger charge is 2.29. The third-order valence-electron chi connectivity index (χ3n) is 3.88. The molecular formula is C15H22BrFN2. The highest BCUT2D eigenvalue weighted by Crippen LogP contribution is 2.30. The lowest BCUT2D eigenvalue weighted by molar-refractivity contribution is 0.0967. The smallest absolute Gasteiger partial charge is 0.129 e. The van der Waals surface area contributed by atoms with Crippen molar-refractivity contribution in [2.75, 3.05) is 19.6 Å². The van der Waals surface area contributed by atoms with Crippen molar-refractivity contribution in [1.82, 2.24) is 4.90 Å². The largest absolute Gasteiger partial charge is 0.329 e. The maximum Gasteiger partial charge on any atom is 0.129 e. The van der Waals surface area contributed by atoms with Gasteiger partial charge in [-0.1, -0.05) is 35.8 Å². The number of hydrogen-bond donors (Lipinski definition) is 1. The van der Waals surface area contributed by atoms with Crippen molar-refractivity contribution in [1.29, 1.82) is 0 Å². The van der Waals surface area contributed by atoms with Crippen LogP contribution in [0.2, 0.25) is 0 Å². The first-order chi connectivity index (χ1) is 9.01. The van der Waals surface area contributed by atoms with Gasteiger partial charge in [0.15, 0.2) is 0 Å². The van der Waals surface area contributed by atoms with E-state index in [9.17, 15) is 4.39 Å². The summed E-state index contributed by atoms with van der Waals surface area (Å²) in [6.45, 7) is 6.98. The van der Waals surface area contributed by atoms with E-state index < -0.39 is 0 Å². The minimum atomic E-state index is -0.171. The number of rotatable bonds is 3. The summed E-state index contributed by atoms with van der Waals surface area (Å²) < 4.78 is 14.9. The molecule has 0 saturated carbocycles. The molecule has 0 amide bonds. The summed E-state index contributed by atoms with van der Waals surface area (Å²) in [6, 6.07) is 5.24. The van der Waals surface area contributed by atoms with Gasteiger partial charge in [0, 0.05) is 35.7 Å². The Morgan fingerprint density at radius 3 is 2.53 bits per heavy atom. The zero-order chi connectivity index (χ0) is 14.0. The van der Waals surface area contributed by atoms with Gasteiger partial charge in [-0.05, 0) is 30.4 Å². The predicted octanol–water partition coefficient (Wildman–Crippen LogP) is 3.57. The Labute approximate surface area is 123 Å². The van der Waals surface area contributed by atoms with Crippen molar-refractivity contribution in [3.05, 3.63) is 34.1 Å². The average molecular weight is 329 g/mol. The van der Waals surface area contributed by atoms with E-state index in [-0.39, 0.29) is 11.9 Å². The van der Waals surface area contributed by atoms with E-state index in [1.54, 1.807) is 0 Å². The summed E-state index contributed by atoms with van der Waals surface area (Å²) in [5.74, 6) is 1.13. The van der Waals surface area contributed by atoms with E-state index in [2.05, 4.69) is 34.7 Å². The minimum absolute atomic E-state index is 0.0155. The van der Waals surface area contributed by atoms with E-state index in [4.69, 9.17) is 5.73 Å². The molecule has 2 rings (SSSR count). The second kappa shape index (κ2) is 6.33. The molecule has 0 radical (unpaired) electrons. The molecule has 2 N–H and O–H groups in total. The SMILES string of the molecule is CC1CC(C)CN(C(CN)c2ccc(Br)cc2F)C1. The number of piperidine rings is 1. The lowest BCUT2D eigenvalue weighted by Crippen LogP contribution is -2.43. The number of benzene rings is 1. The third kappa shape index (κ3) is 3.56. The van der Waals surface area contributed by atoms with E-state index >= 15 is 0 Å². The summed E-state index contributed by atoms with van der Waals surface area (Å²) in [6.07, 6.45) is 1.25. The van der Waals surface area contributed by atoms with Crippen molar-refractivity contribution in [3.63, 3.8) is 0 Å². The van der Waals surface area contributed by atoms with Gasteiger partial charge in [0.25, 0.3) is 0 Å². The van der Waals surface area contributed by atoms with Crippen LogP contribution < -0.4 is 5.73 Å². The molecule has 106 valence electrons. The molecule has 0 spiro atoms. The van der Waals surface area contributed by atoms with Gasteiger partial charge in [0.1, 0.15) is 5.82 Å². The van der Waals surface area contributed by atoms with Gasteiger partial charge in [0.05, 0.1) is 0 Å². The predicted molar refractivity (Wildman–Crippen MR) is 80.4 cm³/mol. The van der Waals surface area contributed by atoms with Crippen LogP contribution in [0.1, 0.15) is 31.9 Å². The molecule has 0 aliphatic carbocycles. The Morgan fingerprint density at radius 2 is 2.00 bits per heavy atom. The molecule has 3 atom stereocenters. The van der Waals surface area contributed by atoms with Crippen molar-refractivity contribution in [2.45, 2.75) is 26.3 Å². The Morgan fingerprint density at radius 1 is 1.37 bits per heavy atom. The normalized spacial score (nSPS) is 26.4. The van der Waals surface area contributed by atoms with Crippen LogP contribution in [0, 0.1) is 17.7 Å². The summed E-state index contributed by atoms with van der Waals surface area (Å²) >= 11 is 3.30. The highest BCUT2D eigenvalue weighted by molar-refractivity contribution is 9.10. The Balaban J connectivity index is 2.23. The summed E-state index contributed by atoms with van der Waals surface area (Å²) in [4.78, 5) is 2.34. The van der Waals surface area contributed by atoms with Crippen molar-refractivity contribution >= 4 is 15.9 Å². The number of hydrogen-bond acceptors (Lipinski definition) is 2. The van der Waals surface area contributed by atoms with E-state index in [1.165, 1.54) is 12.5 Å². The maximum atomic E-state index is 14.1. The van der Waals surface area contributed by atoms with Crippen LogP contribution in [0.3, 0.4) is 0 Å². The fourth-order valence-corrected chi connectivity index (χ4v) is 3.54. The van der Waals surface area contributed by atoms with Gasteiger partial charge in [-0.2, -0.15) is 0 Å². The fraction of sp³-hybridized carbons (Fsp3) is 0.600. The molecular weight excluding hydrogens is 307 g/mol. The topological polar surface area (TPSA) is 29.3 Å². The fourth-order valence-electron chi connectivity index (χ4n) is 3.21. The number of likely N-dealkylation sites (tertiary alicyclic amines) is 1. The van der Waals surface area contributed by atoms with Gasteiger partial charge in [-0.25, -0.2) is 4.39 Å². The van der Waals surface area contributed by atoms with Crippen LogP contribution in [0.4, 0.5) is 4.39 Å². The molecule has 1 aliphatic heterocycles. The first-order valence-electron chi connectivity index (χ1n) is 6.90. The molecule has 1 heterocycles. The highest BCUT2D eigenvalue weighted by atomic mass is 79.9. The molecule has 1 aromatic rings. The molecule has 4 heteroatoms. The van der Waals surface area contributed by atoms with Crippen LogP contribution in [-0.4, -0.2) is 24.5 Å². The Hall–Kier alpha value is -0.450. The average Bonchev–Trinajstić information content (AvgIpc) is 2.31. The molecule has 0 bridgehead atoms. The second-order valence-corrected chi connectivity index (χ2v) is 6.73. The van der Waals surface area contributed by atoms with E-state index in [0.717, 1.165) is 17.6 Å². The molecule has 1 aliphatic rings. The molecule has 2 nitrogen and oxygen atoms in total. The lowest BCUT2D eigenvalue weighted by Gasteiger charge is -2.40. The first kappa shape index (κ1) is 14.9. The van der Waals surface area contributed by atoms with Crippen LogP contribution in [0.25, 0.3) is 0 Å². The second-order valence-electron chi connectivity index (χ2n) is 5.82. The van der Waals surface area contributed by atoms with Crippen molar-refractivity contribution in [2.24, 2.45) is 17.6 Å². The van der Waals surface area contributed by atoms with Gasteiger partial charge < -0.3 is 5.73 Å². The quantitative estimate of drug-likeness (QED) is 0.919. The van der Waals surface area contributed by atoms with E-state index in [0.29, 0.717) is 23.9 Å². The van der Waals surface area contributed by atoms with E-state index in [1.807, 2.05) is 12.1 Å². The number of halogens is 2. The molecule has 1 aromatic carbocycles. The van der Waals surface area contributed by atoms with Gasteiger partial charge in [-0.15, -0.1) is 0 Å². The Bertz CT molecular complexity index is 428. The molecule has 0 aromatic heterocycles. The lowest BCUT2D eigenvalue weighted by atomic mass is 9.89. The summed E-state index contributed by atoms with van der Waals surface area (Å²) in [5, 5.41) is 0. The zero-order valence-electron chi connectivity index (χ0n) is 11.6. The minimum Gasteiger partial charge on any atom is -0.329 e. The van der Waals surface area contributed by atoms with Crippen LogP contribution in [-0.2, 0) is 0 Å². The van der Waals surface area contributed by atoms with Crippen LogP contribution in [0.5, 0.6) is 0 Å². The molecule has 19 heavy (non-hydrogen) atoms. The van der Waals surface area contributed by atoms with Crippen LogP contribution >= 0.6 is 15.9 Å². The zero-order valence-corrected chi connectivity index (χ0v) is 13.2. The van der Waals surface area contributed by atoms with Crippen LogP contribution in [0.15, 0.2) is 22.7 Å². The maximum absolute atomic E-state index is 14.1. The van der Waals surface area contributed by atoms with Crippen molar-refractivity contribution in [3.8, 4) is 0 Å². The van der Waals surface area contributed by atoms with Gasteiger partial charge >= 0.3 is 0 Å². The van der Waals surface area contributed by atoms with Gasteiger partial charge in [-0.3, -0.25) is 4.90 Å². The Kier molecular flexibility index (Phi) is 4.98. The van der Waals surface area contributed by atoms with Crippen molar-refractivity contribution < 1.29 is 4.39 Å². The summed E-state index contributed by atoms with van der Waals surface area (Å²) in [7, 11) is 0. The van der Waals surface area contributed by atoms with Gasteiger partial charge in [0.2, 0.25) is 0 Å². The number of nitrogens with zero attached hydrogens (tertiary/aromatic N) is 1. The molecule has 1 saturated heterocycles. The monoisotopic (exact) mass is 328 g/mol. The number of nitrogens with two attached hydrogens (primary N) is 1. The molecule has 1 fully saturated rings. The summed E-state index contributed by atoms with van der Waals surface area (Å²) in [5.41, 5.74) is 6.63. The standard InChI is InChI=1S/C15H22BrFN2/c1-10-5-11(2)9-19(8-10)15(7-18)13-4-3-12(16)6-14(13)17/h3-4,6,10-11,15H,5,7-9,18H2,1-2H3.